The van der Waals surface area contributed by atoms with E-state index in [1.807, 2.05) is 7.05 Å². The molecule has 1 aromatic heterocycles. The number of ether oxygens (including phenoxy) is 1. The van der Waals surface area contributed by atoms with Crippen molar-refractivity contribution in [3.05, 3.63) is 16.1 Å². The minimum atomic E-state index is 0.324. The normalized spacial score (nSPS) is 13.1. The molecule has 1 heterocycles. The van der Waals surface area contributed by atoms with Crippen molar-refractivity contribution in [1.82, 2.24) is 10.3 Å². The van der Waals surface area contributed by atoms with Gasteiger partial charge in [-0.05, 0) is 20.4 Å². The van der Waals surface area contributed by atoms with Crippen molar-refractivity contribution in [1.29, 1.82) is 0 Å². The monoisotopic (exact) mass is 214 g/mol. The Morgan fingerprint density at radius 3 is 3.07 bits per heavy atom. The van der Waals surface area contributed by atoms with Gasteiger partial charge in [-0.25, -0.2) is 4.98 Å². The fourth-order valence-corrected chi connectivity index (χ4v) is 1.78. The molecular weight excluding hydrogens is 196 g/mol. The lowest BCUT2D eigenvalue weighted by Crippen LogP contribution is -2.07. The van der Waals surface area contributed by atoms with Crippen LogP contribution < -0.4 is 5.32 Å². The number of hydrogen-bond acceptors (Lipinski definition) is 4. The van der Waals surface area contributed by atoms with Crippen molar-refractivity contribution in [3.8, 4) is 0 Å². The van der Waals surface area contributed by atoms with Crippen LogP contribution in [-0.4, -0.2) is 18.1 Å². The van der Waals surface area contributed by atoms with Crippen LogP contribution in [0.3, 0.4) is 0 Å². The molecule has 0 saturated carbocycles. The first-order valence-corrected chi connectivity index (χ1v) is 5.83. The number of nitrogens with zero attached hydrogens (tertiary/aromatic N) is 1. The highest BCUT2D eigenvalue weighted by Crippen LogP contribution is 2.11. The number of hydrogen-bond donors (Lipinski definition) is 1. The molecule has 80 valence electrons. The largest absolute Gasteiger partial charge is 0.372 e. The summed E-state index contributed by atoms with van der Waals surface area (Å²) in [6, 6.07) is 0. The minimum absolute atomic E-state index is 0.324. The van der Waals surface area contributed by atoms with Gasteiger partial charge in [-0.3, -0.25) is 0 Å². The van der Waals surface area contributed by atoms with Gasteiger partial charge in [0, 0.05) is 11.9 Å². The highest BCUT2D eigenvalue weighted by Gasteiger charge is 2.03. The highest BCUT2D eigenvalue weighted by atomic mass is 32.1. The Morgan fingerprint density at radius 1 is 1.64 bits per heavy atom. The smallest absolute Gasteiger partial charge is 0.107 e. The SMILES string of the molecule is CCC(C)OCc1csc(CNC)n1. The van der Waals surface area contributed by atoms with Crippen LogP contribution in [0.5, 0.6) is 0 Å². The summed E-state index contributed by atoms with van der Waals surface area (Å²) >= 11 is 1.68. The van der Waals surface area contributed by atoms with Crippen LogP contribution in [0.15, 0.2) is 5.38 Å². The lowest BCUT2D eigenvalue weighted by Gasteiger charge is -2.08. The molecule has 1 rings (SSSR count). The van der Waals surface area contributed by atoms with E-state index in [0.29, 0.717) is 12.7 Å². The van der Waals surface area contributed by atoms with Crippen molar-refractivity contribution in [2.45, 2.75) is 39.5 Å². The molecule has 14 heavy (non-hydrogen) atoms. The fraction of sp³-hybridized carbons (Fsp3) is 0.700. The number of rotatable bonds is 6. The summed E-state index contributed by atoms with van der Waals surface area (Å²) in [5, 5.41) is 6.27. The van der Waals surface area contributed by atoms with Crippen LogP contribution >= 0.6 is 11.3 Å². The third-order valence-electron chi connectivity index (χ3n) is 2.02. The number of thiazole rings is 1. The molecule has 0 fully saturated rings. The molecule has 0 aliphatic rings. The summed E-state index contributed by atoms with van der Waals surface area (Å²) in [5.74, 6) is 0. The van der Waals surface area contributed by atoms with E-state index in [0.717, 1.165) is 23.7 Å². The van der Waals surface area contributed by atoms with Crippen molar-refractivity contribution in [2.75, 3.05) is 7.05 Å². The molecule has 1 aromatic rings. The second-order valence-electron chi connectivity index (χ2n) is 3.29. The van der Waals surface area contributed by atoms with Crippen molar-refractivity contribution in [2.24, 2.45) is 0 Å². The van der Waals surface area contributed by atoms with Gasteiger partial charge in [-0.1, -0.05) is 6.92 Å². The summed E-state index contributed by atoms with van der Waals surface area (Å²) in [7, 11) is 1.93. The van der Waals surface area contributed by atoms with Crippen molar-refractivity contribution < 1.29 is 4.74 Å². The maximum absolute atomic E-state index is 5.59. The Balaban J connectivity index is 2.35. The Hall–Kier alpha value is -0.450. The third-order valence-corrected chi connectivity index (χ3v) is 2.92. The zero-order valence-electron chi connectivity index (χ0n) is 9.04. The predicted octanol–water partition coefficient (Wildman–Crippen LogP) is 2.18. The van der Waals surface area contributed by atoms with Crippen LogP contribution in [0.25, 0.3) is 0 Å². The van der Waals surface area contributed by atoms with Gasteiger partial charge < -0.3 is 10.1 Å². The molecule has 3 nitrogen and oxygen atoms in total. The maximum atomic E-state index is 5.59. The van der Waals surface area contributed by atoms with E-state index >= 15 is 0 Å². The van der Waals surface area contributed by atoms with Gasteiger partial charge >= 0.3 is 0 Å². The van der Waals surface area contributed by atoms with Gasteiger partial charge in [0.25, 0.3) is 0 Å². The molecule has 0 aliphatic heterocycles. The lowest BCUT2D eigenvalue weighted by molar-refractivity contribution is 0.0491. The lowest BCUT2D eigenvalue weighted by atomic mass is 10.3. The summed E-state index contributed by atoms with van der Waals surface area (Å²) in [5.41, 5.74) is 1.04. The fourth-order valence-electron chi connectivity index (χ4n) is 0.993. The van der Waals surface area contributed by atoms with Crippen LogP contribution in [0, 0.1) is 0 Å². The van der Waals surface area contributed by atoms with Gasteiger partial charge in [-0.2, -0.15) is 0 Å². The molecule has 0 radical (unpaired) electrons. The summed E-state index contributed by atoms with van der Waals surface area (Å²) in [4.78, 5) is 4.44. The van der Waals surface area contributed by atoms with Crippen LogP contribution in [0.2, 0.25) is 0 Å². The first-order valence-electron chi connectivity index (χ1n) is 4.95. The van der Waals surface area contributed by atoms with Gasteiger partial charge in [-0.15, -0.1) is 11.3 Å². The predicted molar refractivity (Wildman–Crippen MR) is 59.4 cm³/mol. The first kappa shape index (κ1) is 11.6. The van der Waals surface area contributed by atoms with Crippen LogP contribution in [-0.2, 0) is 17.9 Å². The molecular formula is C10H18N2OS. The third kappa shape index (κ3) is 3.74. The molecule has 0 saturated heterocycles. The van der Waals surface area contributed by atoms with E-state index in [1.165, 1.54) is 0 Å². The Morgan fingerprint density at radius 2 is 2.43 bits per heavy atom. The Labute approximate surface area is 89.5 Å². The number of aromatic nitrogens is 1. The van der Waals surface area contributed by atoms with Gasteiger partial charge in [0.15, 0.2) is 0 Å². The van der Waals surface area contributed by atoms with Crippen molar-refractivity contribution >= 4 is 11.3 Å². The van der Waals surface area contributed by atoms with Gasteiger partial charge in [0.05, 0.1) is 18.4 Å². The summed E-state index contributed by atoms with van der Waals surface area (Å²) in [6.07, 6.45) is 1.37. The van der Waals surface area contributed by atoms with E-state index in [1.54, 1.807) is 11.3 Å². The van der Waals surface area contributed by atoms with E-state index < -0.39 is 0 Å². The molecule has 4 heteroatoms. The van der Waals surface area contributed by atoms with Gasteiger partial charge in [0.2, 0.25) is 0 Å². The van der Waals surface area contributed by atoms with E-state index in [9.17, 15) is 0 Å². The molecule has 0 aliphatic carbocycles. The molecule has 1 N–H and O–H groups in total. The molecule has 0 amide bonds. The zero-order chi connectivity index (χ0) is 10.4. The average molecular weight is 214 g/mol. The summed E-state index contributed by atoms with van der Waals surface area (Å²) in [6.45, 7) is 5.68. The molecule has 0 aromatic carbocycles. The van der Waals surface area contributed by atoms with E-state index in [4.69, 9.17) is 4.74 Å². The summed E-state index contributed by atoms with van der Waals surface area (Å²) < 4.78 is 5.59. The topological polar surface area (TPSA) is 34.1 Å². The van der Waals surface area contributed by atoms with Crippen LogP contribution in [0.4, 0.5) is 0 Å². The van der Waals surface area contributed by atoms with Gasteiger partial charge in [0.1, 0.15) is 5.01 Å². The molecule has 0 spiro atoms. The highest BCUT2D eigenvalue weighted by molar-refractivity contribution is 7.09. The molecule has 1 atom stereocenters. The standard InChI is InChI=1S/C10H18N2OS/c1-4-8(2)13-6-9-7-14-10(12-9)5-11-3/h7-8,11H,4-6H2,1-3H3. The first-order chi connectivity index (χ1) is 6.76. The quantitative estimate of drug-likeness (QED) is 0.788. The second-order valence-corrected chi connectivity index (χ2v) is 4.24. The Kier molecular flexibility index (Phi) is 5.07. The molecule has 1 unspecified atom stereocenters. The molecule has 0 bridgehead atoms. The Bertz CT molecular complexity index is 262. The van der Waals surface area contributed by atoms with Crippen molar-refractivity contribution in [3.63, 3.8) is 0 Å². The maximum Gasteiger partial charge on any atom is 0.107 e. The minimum Gasteiger partial charge on any atom is -0.372 e. The van der Waals surface area contributed by atoms with E-state index in [2.05, 4.69) is 29.5 Å². The average Bonchev–Trinajstić information content (AvgIpc) is 2.63. The second kappa shape index (κ2) is 6.11. The zero-order valence-corrected chi connectivity index (χ0v) is 9.86. The number of nitrogens with one attached hydrogen (secondary N) is 1. The van der Waals surface area contributed by atoms with E-state index in [-0.39, 0.29) is 0 Å². The van der Waals surface area contributed by atoms with Crippen LogP contribution in [0.1, 0.15) is 31.0 Å².